The van der Waals surface area contributed by atoms with Gasteiger partial charge in [0.15, 0.2) is 0 Å². The van der Waals surface area contributed by atoms with Crippen LogP contribution < -0.4 is 5.73 Å². The van der Waals surface area contributed by atoms with Gasteiger partial charge in [0.2, 0.25) is 0 Å². The molecular weight excluding hydrogens is 202 g/mol. The van der Waals surface area contributed by atoms with E-state index in [2.05, 4.69) is 0 Å². The molecule has 0 amide bonds. The molecule has 16 heavy (non-hydrogen) atoms. The Bertz CT molecular complexity index is 357. The number of hydrogen-bond donors (Lipinski definition) is 1. The van der Waals surface area contributed by atoms with Crippen LogP contribution in [-0.4, -0.2) is 18.1 Å². The number of carbonyl (C=O) groups is 1. The quantitative estimate of drug-likeness (QED) is 0.783. The molecule has 0 atom stereocenters. The lowest BCUT2D eigenvalue weighted by molar-refractivity contribution is -0.153. The van der Waals surface area contributed by atoms with Crippen molar-refractivity contribution < 1.29 is 9.53 Å². The standard InChI is InChI=1S/C13H17NO2/c14-13(8-4-9-13)12(15)16-10-7-11-5-2-1-3-6-11/h1-3,5-6H,4,7-10,14H2. The maximum absolute atomic E-state index is 11.6. The van der Waals surface area contributed by atoms with E-state index in [1.54, 1.807) is 0 Å². The summed E-state index contributed by atoms with van der Waals surface area (Å²) < 4.78 is 5.19. The van der Waals surface area contributed by atoms with Crippen molar-refractivity contribution in [3.05, 3.63) is 35.9 Å². The van der Waals surface area contributed by atoms with Gasteiger partial charge in [-0.05, 0) is 24.8 Å². The highest BCUT2D eigenvalue weighted by molar-refractivity contribution is 5.81. The Labute approximate surface area is 95.6 Å². The van der Waals surface area contributed by atoms with E-state index >= 15 is 0 Å². The average Bonchev–Trinajstić information content (AvgIpc) is 2.27. The van der Waals surface area contributed by atoms with E-state index in [-0.39, 0.29) is 5.97 Å². The van der Waals surface area contributed by atoms with Crippen LogP contribution in [0.1, 0.15) is 24.8 Å². The minimum Gasteiger partial charge on any atom is -0.464 e. The van der Waals surface area contributed by atoms with Gasteiger partial charge in [-0.1, -0.05) is 30.3 Å². The lowest BCUT2D eigenvalue weighted by atomic mass is 9.78. The van der Waals surface area contributed by atoms with Crippen LogP contribution >= 0.6 is 0 Å². The summed E-state index contributed by atoms with van der Waals surface area (Å²) in [6, 6.07) is 9.98. The first-order chi connectivity index (χ1) is 7.71. The molecule has 0 unspecified atom stereocenters. The zero-order chi connectivity index (χ0) is 11.4. The predicted octanol–water partition coefficient (Wildman–Crippen LogP) is 1.65. The van der Waals surface area contributed by atoms with Crippen LogP contribution in [0.2, 0.25) is 0 Å². The highest BCUT2D eigenvalue weighted by Crippen LogP contribution is 2.30. The molecule has 0 saturated heterocycles. The monoisotopic (exact) mass is 219 g/mol. The Morgan fingerprint density at radius 1 is 1.31 bits per heavy atom. The van der Waals surface area contributed by atoms with Gasteiger partial charge in [0.25, 0.3) is 0 Å². The van der Waals surface area contributed by atoms with Crippen molar-refractivity contribution in [2.45, 2.75) is 31.2 Å². The summed E-state index contributed by atoms with van der Waals surface area (Å²) in [5.41, 5.74) is 6.34. The normalized spacial score (nSPS) is 17.6. The smallest absolute Gasteiger partial charge is 0.326 e. The van der Waals surface area contributed by atoms with E-state index < -0.39 is 5.54 Å². The molecule has 2 rings (SSSR count). The van der Waals surface area contributed by atoms with Crippen LogP contribution in [0, 0.1) is 0 Å². The van der Waals surface area contributed by atoms with Gasteiger partial charge < -0.3 is 10.5 Å². The van der Waals surface area contributed by atoms with Crippen molar-refractivity contribution in [2.24, 2.45) is 5.73 Å². The summed E-state index contributed by atoms with van der Waals surface area (Å²) in [7, 11) is 0. The zero-order valence-corrected chi connectivity index (χ0v) is 9.32. The second-order valence-electron chi connectivity index (χ2n) is 4.38. The van der Waals surface area contributed by atoms with Crippen molar-refractivity contribution in [3.8, 4) is 0 Å². The third-order valence-electron chi connectivity index (χ3n) is 3.12. The van der Waals surface area contributed by atoms with Crippen LogP contribution in [-0.2, 0) is 16.0 Å². The molecule has 1 aromatic rings. The van der Waals surface area contributed by atoms with Crippen molar-refractivity contribution in [1.29, 1.82) is 0 Å². The molecule has 1 fully saturated rings. The highest BCUT2D eigenvalue weighted by atomic mass is 16.5. The summed E-state index contributed by atoms with van der Waals surface area (Å²) in [4.78, 5) is 11.6. The van der Waals surface area contributed by atoms with Crippen molar-refractivity contribution in [1.82, 2.24) is 0 Å². The van der Waals surface area contributed by atoms with E-state index in [0.29, 0.717) is 6.61 Å². The largest absolute Gasteiger partial charge is 0.464 e. The Morgan fingerprint density at radius 3 is 2.56 bits per heavy atom. The maximum atomic E-state index is 11.6. The van der Waals surface area contributed by atoms with Gasteiger partial charge in [-0.2, -0.15) is 0 Å². The lowest BCUT2D eigenvalue weighted by Crippen LogP contribution is -2.54. The van der Waals surface area contributed by atoms with E-state index in [1.165, 1.54) is 5.56 Å². The average molecular weight is 219 g/mol. The second kappa shape index (κ2) is 4.66. The summed E-state index contributed by atoms with van der Waals surface area (Å²) in [5, 5.41) is 0. The van der Waals surface area contributed by atoms with Crippen LogP contribution in [0.5, 0.6) is 0 Å². The Kier molecular flexibility index (Phi) is 3.25. The molecule has 1 aromatic carbocycles. The minimum absolute atomic E-state index is 0.241. The SMILES string of the molecule is NC1(C(=O)OCCc2ccccc2)CCC1. The molecule has 86 valence electrons. The Hall–Kier alpha value is -1.35. The van der Waals surface area contributed by atoms with Gasteiger partial charge in [-0.3, -0.25) is 4.79 Å². The molecule has 1 aliphatic carbocycles. The summed E-state index contributed by atoms with van der Waals surface area (Å²) in [6.45, 7) is 0.418. The van der Waals surface area contributed by atoms with Crippen molar-refractivity contribution >= 4 is 5.97 Å². The number of ether oxygens (including phenoxy) is 1. The first-order valence-corrected chi connectivity index (χ1v) is 5.71. The van der Waals surface area contributed by atoms with Crippen molar-refractivity contribution in [3.63, 3.8) is 0 Å². The highest BCUT2D eigenvalue weighted by Gasteiger charge is 2.41. The summed E-state index contributed by atoms with van der Waals surface area (Å²) in [5.74, 6) is -0.241. The fourth-order valence-corrected chi connectivity index (χ4v) is 1.81. The zero-order valence-electron chi connectivity index (χ0n) is 9.32. The lowest BCUT2D eigenvalue weighted by Gasteiger charge is -2.35. The predicted molar refractivity (Wildman–Crippen MR) is 61.9 cm³/mol. The van der Waals surface area contributed by atoms with E-state index in [4.69, 9.17) is 10.5 Å². The third-order valence-corrected chi connectivity index (χ3v) is 3.12. The Morgan fingerprint density at radius 2 is 2.00 bits per heavy atom. The maximum Gasteiger partial charge on any atom is 0.326 e. The topological polar surface area (TPSA) is 52.3 Å². The molecule has 0 aromatic heterocycles. The van der Waals surface area contributed by atoms with E-state index in [9.17, 15) is 4.79 Å². The van der Waals surface area contributed by atoms with Crippen molar-refractivity contribution in [2.75, 3.05) is 6.61 Å². The number of esters is 1. The first kappa shape index (κ1) is 11.1. The third kappa shape index (κ3) is 2.42. The molecule has 3 heteroatoms. The number of benzene rings is 1. The first-order valence-electron chi connectivity index (χ1n) is 5.71. The van der Waals surface area contributed by atoms with Gasteiger partial charge >= 0.3 is 5.97 Å². The molecule has 1 saturated carbocycles. The molecular formula is C13H17NO2. The molecule has 0 radical (unpaired) electrons. The van der Waals surface area contributed by atoms with Gasteiger partial charge in [-0.25, -0.2) is 0 Å². The van der Waals surface area contributed by atoms with Crippen LogP contribution in [0.15, 0.2) is 30.3 Å². The van der Waals surface area contributed by atoms with Gasteiger partial charge in [0, 0.05) is 6.42 Å². The molecule has 1 aliphatic rings. The number of hydrogen-bond acceptors (Lipinski definition) is 3. The van der Waals surface area contributed by atoms with E-state index in [1.807, 2.05) is 30.3 Å². The molecule has 0 heterocycles. The fourth-order valence-electron chi connectivity index (χ4n) is 1.81. The van der Waals surface area contributed by atoms with Crippen LogP contribution in [0.3, 0.4) is 0 Å². The molecule has 0 spiro atoms. The summed E-state index contributed by atoms with van der Waals surface area (Å²) in [6.07, 6.45) is 3.31. The number of rotatable bonds is 4. The fraction of sp³-hybridized carbons (Fsp3) is 0.462. The number of nitrogens with two attached hydrogens (primary N) is 1. The van der Waals surface area contributed by atoms with Crippen LogP contribution in [0.4, 0.5) is 0 Å². The molecule has 3 nitrogen and oxygen atoms in total. The van der Waals surface area contributed by atoms with Gasteiger partial charge in [0.05, 0.1) is 6.61 Å². The molecule has 2 N–H and O–H groups in total. The molecule has 0 aliphatic heterocycles. The van der Waals surface area contributed by atoms with E-state index in [0.717, 1.165) is 25.7 Å². The Balaban J connectivity index is 1.74. The second-order valence-corrected chi connectivity index (χ2v) is 4.38. The minimum atomic E-state index is -0.684. The van der Waals surface area contributed by atoms with Gasteiger partial charge in [-0.15, -0.1) is 0 Å². The molecule has 0 bridgehead atoms. The van der Waals surface area contributed by atoms with Gasteiger partial charge in [0.1, 0.15) is 5.54 Å². The van der Waals surface area contributed by atoms with Crippen LogP contribution in [0.25, 0.3) is 0 Å². The number of carbonyl (C=O) groups excluding carboxylic acids is 1. The summed E-state index contributed by atoms with van der Waals surface area (Å²) >= 11 is 0.